The number of imidazole rings is 3. The van der Waals surface area contributed by atoms with Gasteiger partial charge in [0.05, 0.1) is 55.6 Å². The number of rotatable bonds is 6. The minimum absolute atomic E-state index is 0.00408. The molecule has 14 aromatic rings. The van der Waals surface area contributed by atoms with Gasteiger partial charge in [-0.25, -0.2) is 24.9 Å². The van der Waals surface area contributed by atoms with Crippen LogP contribution >= 0.6 is 0 Å². The third-order valence-electron chi connectivity index (χ3n) is 15.5. The topological polar surface area (TPSA) is 90.6 Å². The Bertz CT molecular complexity index is 4660. The summed E-state index contributed by atoms with van der Waals surface area (Å²) in [5.41, 5.74) is 18.3. The van der Waals surface area contributed by atoms with Crippen molar-refractivity contribution >= 4 is 72.0 Å². The Hall–Kier alpha value is -10.1. The smallest absolute Gasteiger partial charge is 0.149 e. The molecule has 0 N–H and O–H groups in total. The van der Waals surface area contributed by atoms with E-state index < -0.39 is 5.54 Å². The largest absolute Gasteiger partial charge is 0.279 e. The van der Waals surface area contributed by atoms with Crippen molar-refractivity contribution in [1.29, 1.82) is 0 Å². The molecule has 9 nitrogen and oxygen atoms in total. The maximum absolute atomic E-state index is 5.60. The minimum atomic E-state index is -0.496. The van der Waals surface area contributed by atoms with Crippen molar-refractivity contribution in [2.45, 2.75) is 18.4 Å². The van der Waals surface area contributed by atoms with E-state index >= 15 is 0 Å². The van der Waals surface area contributed by atoms with Crippen LogP contribution in [0.15, 0.2) is 242 Å². The Labute approximate surface area is 435 Å². The second-order valence-corrected chi connectivity index (χ2v) is 20.1. The molecule has 0 saturated heterocycles. The van der Waals surface area contributed by atoms with Gasteiger partial charge in [-0.15, -0.1) is 0 Å². The maximum Gasteiger partial charge on any atom is 0.149 e. The van der Waals surface area contributed by atoms with E-state index in [-0.39, 0.29) is 5.92 Å². The molecule has 1 aliphatic heterocycles. The highest BCUT2D eigenvalue weighted by atomic mass is 15.2. The van der Waals surface area contributed by atoms with E-state index in [4.69, 9.17) is 29.9 Å². The highest BCUT2D eigenvalue weighted by Gasteiger charge is 2.41. The highest BCUT2D eigenvalue weighted by molar-refractivity contribution is 6.07. The van der Waals surface area contributed by atoms with Gasteiger partial charge in [-0.05, 0) is 137 Å². The van der Waals surface area contributed by atoms with Crippen LogP contribution in [0.4, 0.5) is 0 Å². The van der Waals surface area contributed by atoms with Gasteiger partial charge in [-0.2, -0.15) is 0 Å². The van der Waals surface area contributed by atoms with Gasteiger partial charge in [0.1, 0.15) is 34.6 Å². The summed E-state index contributed by atoms with van der Waals surface area (Å²) in [6.45, 7) is 2.21. The summed E-state index contributed by atoms with van der Waals surface area (Å²) in [7, 11) is 0. The van der Waals surface area contributed by atoms with Gasteiger partial charge < -0.3 is 0 Å². The molecular weight excluding hydrogens is 931 g/mol. The van der Waals surface area contributed by atoms with Crippen LogP contribution in [0.3, 0.4) is 0 Å². The average molecular weight is 974 g/mol. The summed E-state index contributed by atoms with van der Waals surface area (Å²) in [6, 6.07) is 74.9. The molecular formula is C67H43N9. The Kier molecular flexibility index (Phi) is 9.03. The van der Waals surface area contributed by atoms with Crippen molar-refractivity contribution in [2.24, 2.45) is 4.99 Å². The van der Waals surface area contributed by atoms with Crippen molar-refractivity contribution in [3.63, 3.8) is 0 Å². The van der Waals surface area contributed by atoms with Crippen LogP contribution in [0.2, 0.25) is 0 Å². The van der Waals surface area contributed by atoms with Crippen LogP contribution in [0.25, 0.3) is 122 Å². The number of hydrogen-bond acceptors (Lipinski definition) is 6. The third kappa shape index (κ3) is 6.45. The summed E-state index contributed by atoms with van der Waals surface area (Å²) in [5.74, 6) is 3.54. The zero-order chi connectivity index (χ0) is 50.1. The van der Waals surface area contributed by atoms with Crippen LogP contribution < -0.4 is 0 Å². The fourth-order valence-electron chi connectivity index (χ4n) is 11.8. The summed E-state index contributed by atoms with van der Waals surface area (Å²) in [4.78, 5) is 31.9. The van der Waals surface area contributed by atoms with Crippen LogP contribution in [0.5, 0.6) is 0 Å². The molecule has 0 amide bonds. The molecule has 2 atom stereocenters. The Balaban J connectivity index is 0.898. The number of nitrogens with zero attached hydrogens (tertiary/aromatic N) is 9. The predicted octanol–water partition coefficient (Wildman–Crippen LogP) is 15.3. The van der Waals surface area contributed by atoms with E-state index in [9.17, 15) is 0 Å². The number of para-hydroxylation sites is 8. The van der Waals surface area contributed by atoms with Crippen molar-refractivity contribution < 1.29 is 0 Å². The summed E-state index contributed by atoms with van der Waals surface area (Å²) in [6.07, 6.45) is 8.67. The third-order valence-corrected chi connectivity index (χ3v) is 15.5. The zero-order valence-corrected chi connectivity index (χ0v) is 41.1. The molecule has 76 heavy (non-hydrogen) atoms. The molecule has 0 spiro atoms. The van der Waals surface area contributed by atoms with E-state index in [1.807, 2.05) is 24.3 Å². The molecule has 2 aliphatic rings. The SMILES string of the molecule is C[C@@]12C=CC=CC1c1nc3ccccc3n1C(c1cccc(-c3cc(-c4cccc(-c5nc6ccccc6c6nc7ccccc7n56)c4)cc(-c4cccc(-c5nc6ccccc6c6nc7ccccc7n56)c4)c3)c1)=N2. The fraction of sp³-hybridized carbons (Fsp3) is 0.0448. The van der Waals surface area contributed by atoms with Crippen molar-refractivity contribution in [2.75, 3.05) is 0 Å². The van der Waals surface area contributed by atoms with Gasteiger partial charge in [0, 0.05) is 27.5 Å². The second-order valence-electron chi connectivity index (χ2n) is 20.1. The molecule has 9 aromatic carbocycles. The van der Waals surface area contributed by atoms with E-state index in [1.165, 1.54) is 0 Å². The number of aromatic nitrogens is 8. The lowest BCUT2D eigenvalue weighted by Gasteiger charge is -2.36. The molecule has 6 heterocycles. The van der Waals surface area contributed by atoms with Crippen molar-refractivity contribution in [3.8, 4) is 56.2 Å². The van der Waals surface area contributed by atoms with E-state index in [0.29, 0.717) is 0 Å². The summed E-state index contributed by atoms with van der Waals surface area (Å²) < 4.78 is 6.69. The molecule has 1 unspecified atom stereocenters. The van der Waals surface area contributed by atoms with Gasteiger partial charge in [0.2, 0.25) is 0 Å². The monoisotopic (exact) mass is 973 g/mol. The Morgan fingerprint density at radius 3 is 1.33 bits per heavy atom. The van der Waals surface area contributed by atoms with Crippen LogP contribution in [-0.4, -0.2) is 49.7 Å². The maximum atomic E-state index is 5.60. The first-order valence-corrected chi connectivity index (χ1v) is 25.7. The summed E-state index contributed by atoms with van der Waals surface area (Å²) in [5, 5.41) is 2.03. The highest BCUT2D eigenvalue weighted by Crippen LogP contribution is 2.43. The number of hydrogen-bond donors (Lipinski definition) is 0. The standard InChI is InChI=1S/C67H43N9/c1-67-34-13-12-25-52(67)66-72-57-30-8-11-33-60(57)76(66)63(73-67)46-22-16-19-43(37-46)49-39-47(41-17-14-20-44(35-41)61-68-53-26-4-2-23-50(53)64-70-55-28-6-9-31-58(55)74(61)64)38-48(40-49)42-18-15-21-45(36-42)62-69-54-27-5-3-24-51(54)65-71-56-29-7-10-32-59(56)75(62)65/h2-40,52H,1H3/t52?,67-/m1/s1. The minimum Gasteiger partial charge on any atom is -0.279 e. The van der Waals surface area contributed by atoms with Crippen LogP contribution in [0.1, 0.15) is 24.2 Å². The quantitative estimate of drug-likeness (QED) is 0.166. The van der Waals surface area contributed by atoms with Gasteiger partial charge in [-0.3, -0.25) is 18.4 Å². The summed E-state index contributed by atoms with van der Waals surface area (Å²) >= 11 is 0. The average Bonchev–Trinajstić information content (AvgIpc) is 4.27. The molecule has 0 radical (unpaired) electrons. The van der Waals surface area contributed by atoms with Crippen LogP contribution in [-0.2, 0) is 0 Å². The lowest BCUT2D eigenvalue weighted by molar-refractivity contribution is 0.484. The van der Waals surface area contributed by atoms with Crippen molar-refractivity contribution in [1.82, 2.24) is 38.3 Å². The molecule has 9 heteroatoms. The van der Waals surface area contributed by atoms with E-state index in [0.717, 1.165) is 140 Å². The fourth-order valence-corrected chi connectivity index (χ4v) is 11.8. The Morgan fingerprint density at radius 1 is 0.368 bits per heavy atom. The zero-order valence-electron chi connectivity index (χ0n) is 41.1. The molecule has 0 fully saturated rings. The normalized spacial score (nSPS) is 16.1. The second kappa shape index (κ2) is 16.2. The number of allylic oxidation sites excluding steroid dienone is 2. The molecule has 0 saturated carbocycles. The molecule has 16 rings (SSSR count). The first kappa shape index (κ1) is 42.4. The van der Waals surface area contributed by atoms with Crippen LogP contribution in [0, 0.1) is 0 Å². The molecule has 356 valence electrons. The van der Waals surface area contributed by atoms with E-state index in [2.05, 4.69) is 233 Å². The number of benzene rings is 9. The molecule has 1 aliphatic carbocycles. The first-order chi connectivity index (χ1) is 37.5. The van der Waals surface area contributed by atoms with Gasteiger partial charge in [0.15, 0.2) is 0 Å². The number of fused-ring (bicyclic) bond motifs is 15. The lowest BCUT2D eigenvalue weighted by atomic mass is 9.80. The van der Waals surface area contributed by atoms with Gasteiger partial charge >= 0.3 is 0 Å². The Morgan fingerprint density at radius 2 is 0.789 bits per heavy atom. The van der Waals surface area contributed by atoms with Crippen molar-refractivity contribution in [3.05, 3.63) is 248 Å². The molecule has 0 bridgehead atoms. The first-order valence-electron chi connectivity index (χ1n) is 25.7. The molecule has 5 aromatic heterocycles. The predicted molar refractivity (Wildman–Crippen MR) is 308 cm³/mol. The van der Waals surface area contributed by atoms with E-state index in [1.54, 1.807) is 0 Å². The van der Waals surface area contributed by atoms with Gasteiger partial charge in [-0.1, -0.05) is 140 Å². The van der Waals surface area contributed by atoms with Gasteiger partial charge in [0.25, 0.3) is 0 Å². The lowest BCUT2D eigenvalue weighted by Crippen LogP contribution is -2.39. The number of aliphatic imine (C=N–C) groups is 1.